The van der Waals surface area contributed by atoms with Crippen LogP contribution in [0.25, 0.3) is 0 Å². The molecule has 2 aromatic heterocycles. The number of pyridine rings is 1. The highest BCUT2D eigenvalue weighted by Gasteiger charge is 2.12. The number of aryl methyl sites for hydroxylation is 2. The molecule has 0 spiro atoms. The molecule has 1 aliphatic heterocycles. The molecule has 8 heteroatoms. The number of thiazole rings is 1. The SMILES string of the molecule is CN=C(NCCc1nc(C)c(C)s1)NCc1ccnc(N2CCCCC2)c1.I. The van der Waals surface area contributed by atoms with Crippen molar-refractivity contribution in [2.45, 2.75) is 46.1 Å². The summed E-state index contributed by atoms with van der Waals surface area (Å²) < 4.78 is 0. The Labute approximate surface area is 189 Å². The minimum atomic E-state index is 0. The van der Waals surface area contributed by atoms with Crippen molar-refractivity contribution >= 4 is 47.1 Å². The molecule has 2 aromatic rings. The zero-order valence-corrected chi connectivity index (χ0v) is 20.1. The third-order valence-corrected chi connectivity index (χ3v) is 6.01. The van der Waals surface area contributed by atoms with Crippen LogP contribution >= 0.6 is 35.3 Å². The van der Waals surface area contributed by atoms with Crippen LogP contribution in [0.3, 0.4) is 0 Å². The van der Waals surface area contributed by atoms with E-state index in [4.69, 9.17) is 0 Å². The Hall–Kier alpha value is -1.42. The number of anilines is 1. The highest BCUT2D eigenvalue weighted by atomic mass is 127. The molecular formula is C20H31IN6S. The Balaban J connectivity index is 0.00000280. The number of aliphatic imine (C=N–C) groups is 1. The Bertz CT molecular complexity index is 750. The summed E-state index contributed by atoms with van der Waals surface area (Å²) in [4.78, 5) is 17.1. The average Bonchev–Trinajstić information content (AvgIpc) is 3.03. The molecule has 0 atom stereocenters. The van der Waals surface area contributed by atoms with E-state index < -0.39 is 0 Å². The lowest BCUT2D eigenvalue weighted by atomic mass is 10.1. The molecule has 6 nitrogen and oxygen atoms in total. The Morgan fingerprint density at radius 3 is 2.68 bits per heavy atom. The molecule has 0 saturated carbocycles. The monoisotopic (exact) mass is 514 g/mol. The lowest BCUT2D eigenvalue weighted by Crippen LogP contribution is -2.38. The fourth-order valence-corrected chi connectivity index (χ4v) is 4.14. The quantitative estimate of drug-likeness (QED) is 0.350. The largest absolute Gasteiger partial charge is 0.357 e. The van der Waals surface area contributed by atoms with Gasteiger partial charge in [0, 0.05) is 50.7 Å². The molecule has 0 aromatic carbocycles. The molecule has 3 heterocycles. The number of rotatable bonds is 6. The fraction of sp³-hybridized carbons (Fsp3) is 0.550. The average molecular weight is 514 g/mol. The van der Waals surface area contributed by atoms with Crippen molar-refractivity contribution in [3.63, 3.8) is 0 Å². The molecule has 0 bridgehead atoms. The molecular weight excluding hydrogens is 483 g/mol. The molecule has 0 radical (unpaired) electrons. The smallest absolute Gasteiger partial charge is 0.191 e. The zero-order chi connectivity index (χ0) is 19.1. The van der Waals surface area contributed by atoms with Crippen LogP contribution in [-0.2, 0) is 13.0 Å². The third-order valence-electron chi connectivity index (χ3n) is 4.88. The lowest BCUT2D eigenvalue weighted by molar-refractivity contribution is 0.573. The summed E-state index contributed by atoms with van der Waals surface area (Å²) in [6, 6.07) is 4.25. The van der Waals surface area contributed by atoms with Gasteiger partial charge in [-0.15, -0.1) is 35.3 Å². The minimum Gasteiger partial charge on any atom is -0.357 e. The third kappa shape index (κ3) is 6.58. The number of aromatic nitrogens is 2. The number of halogens is 1. The van der Waals surface area contributed by atoms with Gasteiger partial charge >= 0.3 is 0 Å². The topological polar surface area (TPSA) is 65.4 Å². The predicted octanol–water partition coefficient (Wildman–Crippen LogP) is 3.67. The van der Waals surface area contributed by atoms with Crippen LogP contribution in [0.1, 0.15) is 40.4 Å². The van der Waals surface area contributed by atoms with E-state index in [1.807, 2.05) is 6.20 Å². The summed E-state index contributed by atoms with van der Waals surface area (Å²) >= 11 is 1.78. The fourth-order valence-electron chi connectivity index (χ4n) is 3.21. The zero-order valence-electron chi connectivity index (χ0n) is 17.0. The number of piperidine rings is 1. The molecule has 154 valence electrons. The Morgan fingerprint density at radius 1 is 1.21 bits per heavy atom. The van der Waals surface area contributed by atoms with Crippen molar-refractivity contribution in [2.75, 3.05) is 31.6 Å². The van der Waals surface area contributed by atoms with Crippen LogP contribution in [0.2, 0.25) is 0 Å². The molecule has 1 saturated heterocycles. The van der Waals surface area contributed by atoms with Gasteiger partial charge in [-0.3, -0.25) is 4.99 Å². The van der Waals surface area contributed by atoms with Crippen LogP contribution in [0.4, 0.5) is 5.82 Å². The highest BCUT2D eigenvalue weighted by molar-refractivity contribution is 14.0. The molecule has 0 aliphatic carbocycles. The van der Waals surface area contributed by atoms with Gasteiger partial charge in [0.15, 0.2) is 5.96 Å². The summed E-state index contributed by atoms with van der Waals surface area (Å²) in [5.41, 5.74) is 2.36. The van der Waals surface area contributed by atoms with E-state index in [1.54, 1.807) is 18.4 Å². The van der Waals surface area contributed by atoms with E-state index in [-0.39, 0.29) is 24.0 Å². The molecule has 1 fully saturated rings. The maximum absolute atomic E-state index is 4.59. The van der Waals surface area contributed by atoms with E-state index in [0.717, 1.165) is 50.1 Å². The van der Waals surface area contributed by atoms with Gasteiger partial charge in [-0.05, 0) is 50.8 Å². The second kappa shape index (κ2) is 11.5. The summed E-state index contributed by atoms with van der Waals surface area (Å²) in [5, 5.41) is 7.94. The van der Waals surface area contributed by atoms with E-state index in [9.17, 15) is 0 Å². The normalized spacial score (nSPS) is 14.5. The summed E-state index contributed by atoms with van der Waals surface area (Å²) in [6.45, 7) is 7.97. The number of guanidine groups is 1. The van der Waals surface area contributed by atoms with Crippen molar-refractivity contribution in [1.29, 1.82) is 0 Å². The first-order valence-electron chi connectivity index (χ1n) is 9.73. The van der Waals surface area contributed by atoms with E-state index in [1.165, 1.54) is 34.7 Å². The number of hydrogen-bond acceptors (Lipinski definition) is 5. The van der Waals surface area contributed by atoms with Gasteiger partial charge in [-0.2, -0.15) is 0 Å². The second-order valence-electron chi connectivity index (χ2n) is 6.92. The second-order valence-corrected chi connectivity index (χ2v) is 8.21. The van der Waals surface area contributed by atoms with Gasteiger partial charge < -0.3 is 15.5 Å². The van der Waals surface area contributed by atoms with Crippen LogP contribution in [-0.4, -0.2) is 42.6 Å². The number of nitrogens with one attached hydrogen (secondary N) is 2. The van der Waals surface area contributed by atoms with Gasteiger partial charge in [-0.1, -0.05) is 0 Å². The molecule has 0 amide bonds. The minimum absolute atomic E-state index is 0. The summed E-state index contributed by atoms with van der Waals surface area (Å²) in [6.07, 6.45) is 6.68. The maximum atomic E-state index is 4.59. The van der Waals surface area contributed by atoms with Crippen molar-refractivity contribution in [3.05, 3.63) is 39.5 Å². The summed E-state index contributed by atoms with van der Waals surface area (Å²) in [7, 11) is 1.80. The highest BCUT2D eigenvalue weighted by Crippen LogP contribution is 2.18. The van der Waals surface area contributed by atoms with Gasteiger partial charge in [0.25, 0.3) is 0 Å². The van der Waals surface area contributed by atoms with Crippen LogP contribution in [0, 0.1) is 13.8 Å². The summed E-state index contributed by atoms with van der Waals surface area (Å²) in [5.74, 6) is 1.91. The van der Waals surface area contributed by atoms with Crippen molar-refractivity contribution in [3.8, 4) is 0 Å². The first-order chi connectivity index (χ1) is 13.2. The molecule has 3 rings (SSSR count). The van der Waals surface area contributed by atoms with Gasteiger partial charge in [-0.25, -0.2) is 9.97 Å². The van der Waals surface area contributed by atoms with Crippen LogP contribution in [0.15, 0.2) is 23.3 Å². The van der Waals surface area contributed by atoms with Crippen molar-refractivity contribution < 1.29 is 0 Å². The van der Waals surface area contributed by atoms with E-state index >= 15 is 0 Å². The molecule has 28 heavy (non-hydrogen) atoms. The Morgan fingerprint density at radius 2 is 2.00 bits per heavy atom. The first-order valence-corrected chi connectivity index (χ1v) is 10.5. The lowest BCUT2D eigenvalue weighted by Gasteiger charge is -2.28. The molecule has 1 aliphatic rings. The first kappa shape index (κ1) is 22.9. The predicted molar refractivity (Wildman–Crippen MR) is 129 cm³/mol. The van der Waals surface area contributed by atoms with Gasteiger partial charge in [0.2, 0.25) is 0 Å². The van der Waals surface area contributed by atoms with E-state index in [0.29, 0.717) is 0 Å². The van der Waals surface area contributed by atoms with Gasteiger partial charge in [0.1, 0.15) is 5.82 Å². The molecule has 0 unspecified atom stereocenters. The maximum Gasteiger partial charge on any atom is 0.191 e. The van der Waals surface area contributed by atoms with E-state index in [2.05, 4.69) is 56.5 Å². The van der Waals surface area contributed by atoms with Gasteiger partial charge in [0.05, 0.1) is 10.7 Å². The molecule has 2 N–H and O–H groups in total. The van der Waals surface area contributed by atoms with Crippen molar-refractivity contribution in [1.82, 2.24) is 20.6 Å². The Kier molecular flexibility index (Phi) is 9.43. The van der Waals surface area contributed by atoms with Crippen LogP contribution in [0.5, 0.6) is 0 Å². The number of hydrogen-bond donors (Lipinski definition) is 2. The van der Waals surface area contributed by atoms with Crippen LogP contribution < -0.4 is 15.5 Å². The number of nitrogens with zero attached hydrogens (tertiary/aromatic N) is 4. The standard InChI is InChI=1S/C20H30N6S.HI/c1-15-16(2)27-19(25-15)8-10-23-20(21-3)24-14-17-7-9-22-18(13-17)26-11-5-4-6-12-26;/h7,9,13H,4-6,8,10-12,14H2,1-3H3,(H2,21,23,24);1H. The van der Waals surface area contributed by atoms with Crippen molar-refractivity contribution in [2.24, 2.45) is 4.99 Å².